The van der Waals surface area contributed by atoms with Crippen molar-refractivity contribution in [1.82, 2.24) is 0 Å². The molecule has 1 aromatic carbocycles. The van der Waals surface area contributed by atoms with Crippen molar-refractivity contribution in [3.8, 4) is 0 Å². The third-order valence-electron chi connectivity index (χ3n) is 3.25. The third-order valence-corrected chi connectivity index (χ3v) is 3.77. The molecule has 1 aromatic rings. The fraction of sp³-hybridized carbons (Fsp3) is 0.538. The molecule has 0 amide bonds. The summed E-state index contributed by atoms with van der Waals surface area (Å²) < 4.78 is 0. The summed E-state index contributed by atoms with van der Waals surface area (Å²) >= 11 is 6.29. The Labute approximate surface area is 91.3 Å². The molecule has 1 heteroatoms. The van der Waals surface area contributed by atoms with Gasteiger partial charge in [0.1, 0.15) is 0 Å². The van der Waals surface area contributed by atoms with Gasteiger partial charge in [0.05, 0.1) is 0 Å². The van der Waals surface area contributed by atoms with E-state index < -0.39 is 0 Å². The van der Waals surface area contributed by atoms with Crippen LogP contribution in [-0.4, -0.2) is 5.38 Å². The van der Waals surface area contributed by atoms with Crippen LogP contribution in [0.5, 0.6) is 0 Å². The normalized spacial score (nSPS) is 26.7. The molecule has 1 aliphatic rings. The molecule has 2 rings (SSSR count). The van der Waals surface area contributed by atoms with Gasteiger partial charge < -0.3 is 0 Å². The number of alkyl halides is 1. The Hall–Kier alpha value is -0.490. The molecule has 0 saturated heterocycles. The Morgan fingerprint density at radius 3 is 2.43 bits per heavy atom. The molecular weight excluding hydrogens is 192 g/mol. The van der Waals surface area contributed by atoms with Gasteiger partial charge in [-0.15, -0.1) is 11.6 Å². The summed E-state index contributed by atoms with van der Waals surface area (Å²) in [6, 6.07) is 8.98. The lowest BCUT2D eigenvalue weighted by Gasteiger charge is -2.14. The zero-order chi connectivity index (χ0) is 9.97. The minimum atomic E-state index is 0.363. The predicted octanol–water partition coefficient (Wildman–Crippen LogP) is 4.12. The van der Waals surface area contributed by atoms with Crippen molar-refractivity contribution >= 4 is 11.6 Å². The molecule has 0 spiro atoms. The second-order valence-corrected chi connectivity index (χ2v) is 4.71. The van der Waals surface area contributed by atoms with Gasteiger partial charge >= 0.3 is 0 Å². The van der Waals surface area contributed by atoms with E-state index in [4.69, 9.17) is 11.6 Å². The summed E-state index contributed by atoms with van der Waals surface area (Å²) in [7, 11) is 0. The third kappa shape index (κ3) is 1.95. The molecule has 0 heterocycles. The molecule has 0 aromatic heterocycles. The van der Waals surface area contributed by atoms with Crippen LogP contribution in [0.1, 0.15) is 43.2 Å². The molecule has 0 aliphatic heterocycles. The first-order valence-electron chi connectivity index (χ1n) is 5.54. The number of hydrogen-bond donors (Lipinski definition) is 0. The Morgan fingerprint density at radius 1 is 1.21 bits per heavy atom. The fourth-order valence-corrected chi connectivity index (χ4v) is 2.72. The van der Waals surface area contributed by atoms with Crippen LogP contribution in [0.4, 0.5) is 0 Å². The van der Waals surface area contributed by atoms with Crippen molar-refractivity contribution in [2.24, 2.45) is 0 Å². The largest absolute Gasteiger partial charge is 0.122 e. The van der Waals surface area contributed by atoms with E-state index in [1.165, 1.54) is 30.4 Å². The maximum absolute atomic E-state index is 6.29. The van der Waals surface area contributed by atoms with Crippen LogP contribution in [0.25, 0.3) is 0 Å². The number of rotatable bonds is 2. The maximum atomic E-state index is 6.29. The van der Waals surface area contributed by atoms with Crippen LogP contribution in [-0.2, 0) is 6.42 Å². The van der Waals surface area contributed by atoms with Gasteiger partial charge in [0, 0.05) is 11.3 Å². The lowest BCUT2D eigenvalue weighted by molar-refractivity contribution is 0.729. The Morgan fingerprint density at radius 2 is 1.93 bits per heavy atom. The second-order valence-electron chi connectivity index (χ2n) is 4.15. The minimum absolute atomic E-state index is 0.363. The summed E-state index contributed by atoms with van der Waals surface area (Å²) in [5.41, 5.74) is 2.84. The van der Waals surface area contributed by atoms with E-state index in [2.05, 4.69) is 31.2 Å². The summed E-state index contributed by atoms with van der Waals surface area (Å²) in [5, 5.41) is 0.363. The highest BCUT2D eigenvalue weighted by atomic mass is 35.5. The van der Waals surface area contributed by atoms with E-state index in [0.717, 1.165) is 6.42 Å². The molecule has 0 bridgehead atoms. The van der Waals surface area contributed by atoms with Gasteiger partial charge in [-0.3, -0.25) is 0 Å². The molecule has 1 saturated carbocycles. The van der Waals surface area contributed by atoms with Gasteiger partial charge in [0.15, 0.2) is 0 Å². The lowest BCUT2D eigenvalue weighted by atomic mass is 9.96. The van der Waals surface area contributed by atoms with E-state index in [1.54, 1.807) is 0 Å². The molecule has 0 nitrogen and oxygen atoms in total. The summed E-state index contributed by atoms with van der Waals surface area (Å²) in [6.45, 7) is 2.19. The van der Waals surface area contributed by atoms with Crippen molar-refractivity contribution < 1.29 is 0 Å². The molecule has 14 heavy (non-hydrogen) atoms. The standard InChI is InChI=1S/C13H17Cl/c1-2-10-6-8-11(9-7-10)12-4-3-5-13(12)14/h6-9,12-13H,2-5H2,1H3. The van der Waals surface area contributed by atoms with Crippen molar-refractivity contribution in [2.45, 2.75) is 43.9 Å². The predicted molar refractivity (Wildman–Crippen MR) is 62.1 cm³/mol. The average molecular weight is 209 g/mol. The Kier molecular flexibility index (Phi) is 3.12. The maximum Gasteiger partial charge on any atom is 0.0404 e. The van der Waals surface area contributed by atoms with Crippen molar-refractivity contribution in [3.63, 3.8) is 0 Å². The highest BCUT2D eigenvalue weighted by molar-refractivity contribution is 6.21. The van der Waals surface area contributed by atoms with E-state index in [-0.39, 0.29) is 0 Å². The zero-order valence-corrected chi connectivity index (χ0v) is 9.43. The zero-order valence-electron chi connectivity index (χ0n) is 8.67. The summed E-state index contributed by atoms with van der Waals surface area (Å²) in [4.78, 5) is 0. The Balaban J connectivity index is 2.16. The molecule has 76 valence electrons. The fourth-order valence-electron chi connectivity index (χ4n) is 2.29. The molecular formula is C13H17Cl. The lowest BCUT2D eigenvalue weighted by Crippen LogP contribution is -2.04. The smallest absolute Gasteiger partial charge is 0.0404 e. The van der Waals surface area contributed by atoms with E-state index in [1.807, 2.05) is 0 Å². The SMILES string of the molecule is CCc1ccc(C2CCCC2Cl)cc1. The van der Waals surface area contributed by atoms with Crippen LogP contribution < -0.4 is 0 Å². The van der Waals surface area contributed by atoms with Crippen molar-refractivity contribution in [1.29, 1.82) is 0 Å². The van der Waals surface area contributed by atoms with Gasteiger partial charge in [-0.1, -0.05) is 37.6 Å². The molecule has 2 unspecified atom stereocenters. The first-order valence-corrected chi connectivity index (χ1v) is 5.98. The van der Waals surface area contributed by atoms with Crippen LogP contribution in [0.15, 0.2) is 24.3 Å². The first-order chi connectivity index (χ1) is 6.81. The Bertz CT molecular complexity index is 289. The number of aryl methyl sites for hydroxylation is 1. The number of halogens is 1. The summed E-state index contributed by atoms with van der Waals surface area (Å²) in [6.07, 6.45) is 4.85. The van der Waals surface area contributed by atoms with Crippen LogP contribution in [0.2, 0.25) is 0 Å². The topological polar surface area (TPSA) is 0 Å². The molecule has 0 N–H and O–H groups in total. The van der Waals surface area contributed by atoms with Gasteiger partial charge in [0.25, 0.3) is 0 Å². The van der Waals surface area contributed by atoms with Gasteiger partial charge in [-0.2, -0.15) is 0 Å². The van der Waals surface area contributed by atoms with E-state index in [0.29, 0.717) is 11.3 Å². The van der Waals surface area contributed by atoms with E-state index in [9.17, 15) is 0 Å². The molecule has 1 aliphatic carbocycles. The highest BCUT2D eigenvalue weighted by Gasteiger charge is 2.26. The van der Waals surface area contributed by atoms with Crippen molar-refractivity contribution in [3.05, 3.63) is 35.4 Å². The monoisotopic (exact) mass is 208 g/mol. The summed E-state index contributed by atoms with van der Waals surface area (Å²) in [5.74, 6) is 0.600. The van der Waals surface area contributed by atoms with Crippen LogP contribution in [0, 0.1) is 0 Å². The highest BCUT2D eigenvalue weighted by Crippen LogP contribution is 2.37. The van der Waals surface area contributed by atoms with Gasteiger partial charge in [0.2, 0.25) is 0 Å². The second kappa shape index (κ2) is 4.35. The number of hydrogen-bond acceptors (Lipinski definition) is 0. The van der Waals surface area contributed by atoms with Gasteiger partial charge in [-0.05, 0) is 30.4 Å². The van der Waals surface area contributed by atoms with Crippen molar-refractivity contribution in [2.75, 3.05) is 0 Å². The average Bonchev–Trinajstić information content (AvgIpc) is 2.65. The quantitative estimate of drug-likeness (QED) is 0.642. The van der Waals surface area contributed by atoms with E-state index >= 15 is 0 Å². The van der Waals surface area contributed by atoms with Crippen LogP contribution in [0.3, 0.4) is 0 Å². The molecule has 2 atom stereocenters. The minimum Gasteiger partial charge on any atom is -0.122 e. The molecule has 0 radical (unpaired) electrons. The molecule has 1 fully saturated rings. The first kappa shape index (κ1) is 10.0. The van der Waals surface area contributed by atoms with Gasteiger partial charge in [-0.25, -0.2) is 0 Å². The number of benzene rings is 1. The van der Waals surface area contributed by atoms with Crippen LogP contribution >= 0.6 is 11.6 Å².